The highest BCUT2D eigenvalue weighted by Crippen LogP contribution is 2.29. The third kappa shape index (κ3) is 4.07. The van der Waals surface area contributed by atoms with Crippen LogP contribution in [0.15, 0.2) is 65.5 Å². The summed E-state index contributed by atoms with van der Waals surface area (Å²) >= 11 is 12.0. The van der Waals surface area contributed by atoms with E-state index in [0.717, 1.165) is 10.2 Å². The number of carbonyl (C=O) groups excluding carboxylic acids is 1. The molecule has 3 rings (SSSR count). The molecule has 0 aliphatic rings. The Labute approximate surface area is 153 Å². The van der Waals surface area contributed by atoms with Crippen LogP contribution < -0.4 is 10.9 Å². The number of benzene rings is 2. The first-order valence-corrected chi connectivity index (χ1v) is 8.17. The Bertz CT molecular complexity index is 972. The molecule has 1 aromatic heterocycles. The number of anilines is 1. The molecule has 0 saturated heterocycles. The van der Waals surface area contributed by atoms with Gasteiger partial charge in [0.05, 0.1) is 21.4 Å². The second-order valence-electron chi connectivity index (χ2n) is 5.23. The Balaban J connectivity index is 1.81. The molecule has 25 heavy (non-hydrogen) atoms. The van der Waals surface area contributed by atoms with Crippen molar-refractivity contribution in [1.29, 1.82) is 0 Å². The number of hydrogen-bond donors (Lipinski definition) is 1. The first-order valence-electron chi connectivity index (χ1n) is 7.42. The van der Waals surface area contributed by atoms with E-state index in [1.165, 1.54) is 6.07 Å². The fourth-order valence-electron chi connectivity index (χ4n) is 2.25. The summed E-state index contributed by atoms with van der Waals surface area (Å²) in [6.07, 6.45) is 0. The molecule has 3 aromatic rings. The number of aromatic nitrogens is 2. The predicted molar refractivity (Wildman–Crippen MR) is 99.0 cm³/mol. The van der Waals surface area contributed by atoms with Crippen molar-refractivity contribution in [2.75, 3.05) is 5.32 Å². The lowest BCUT2D eigenvalue weighted by Gasteiger charge is -2.10. The highest BCUT2D eigenvalue weighted by atomic mass is 35.5. The van der Waals surface area contributed by atoms with Gasteiger partial charge in [-0.3, -0.25) is 9.59 Å². The SMILES string of the molecule is O=C(Cn1nc(-c2ccccc2)ccc1=O)Nc1cccc(Cl)c1Cl. The molecule has 0 radical (unpaired) electrons. The molecular weight excluding hydrogens is 361 g/mol. The second kappa shape index (κ2) is 7.51. The minimum absolute atomic E-state index is 0.234. The Kier molecular flexibility index (Phi) is 5.16. The lowest BCUT2D eigenvalue weighted by Crippen LogP contribution is -2.29. The van der Waals surface area contributed by atoms with Gasteiger partial charge in [0.1, 0.15) is 6.54 Å². The van der Waals surface area contributed by atoms with Crippen molar-refractivity contribution in [2.24, 2.45) is 0 Å². The van der Waals surface area contributed by atoms with Gasteiger partial charge in [-0.15, -0.1) is 0 Å². The van der Waals surface area contributed by atoms with Gasteiger partial charge in [-0.05, 0) is 18.2 Å². The van der Waals surface area contributed by atoms with E-state index in [2.05, 4.69) is 10.4 Å². The average Bonchev–Trinajstić information content (AvgIpc) is 2.61. The van der Waals surface area contributed by atoms with E-state index < -0.39 is 5.91 Å². The maximum Gasteiger partial charge on any atom is 0.267 e. The predicted octanol–water partition coefficient (Wildman–Crippen LogP) is 3.86. The smallest absolute Gasteiger partial charge is 0.267 e. The van der Waals surface area contributed by atoms with Gasteiger partial charge in [-0.1, -0.05) is 59.6 Å². The third-order valence-electron chi connectivity index (χ3n) is 3.46. The standard InChI is InChI=1S/C18H13Cl2N3O2/c19-13-7-4-8-15(18(13)20)21-16(24)11-23-17(25)10-9-14(22-23)12-5-2-1-3-6-12/h1-10H,11H2,(H,21,24). The van der Waals surface area contributed by atoms with Gasteiger partial charge in [-0.25, -0.2) is 4.68 Å². The van der Waals surface area contributed by atoms with E-state index >= 15 is 0 Å². The van der Waals surface area contributed by atoms with E-state index in [1.807, 2.05) is 30.3 Å². The van der Waals surface area contributed by atoms with Crippen LogP contribution in [0.3, 0.4) is 0 Å². The summed E-state index contributed by atoms with van der Waals surface area (Å²) in [7, 11) is 0. The Morgan fingerprint density at radius 3 is 2.52 bits per heavy atom. The fraction of sp³-hybridized carbons (Fsp3) is 0.0556. The van der Waals surface area contributed by atoms with E-state index in [0.29, 0.717) is 16.4 Å². The molecule has 0 atom stereocenters. The van der Waals surface area contributed by atoms with Gasteiger partial charge >= 0.3 is 0 Å². The normalized spacial score (nSPS) is 10.5. The minimum Gasteiger partial charge on any atom is -0.323 e. The number of amides is 1. The van der Waals surface area contributed by atoms with Crippen molar-refractivity contribution >= 4 is 34.8 Å². The largest absolute Gasteiger partial charge is 0.323 e. The van der Waals surface area contributed by atoms with Crippen molar-refractivity contribution in [3.8, 4) is 11.3 Å². The molecule has 7 heteroatoms. The number of rotatable bonds is 4. The number of nitrogens with zero attached hydrogens (tertiary/aromatic N) is 2. The van der Waals surface area contributed by atoms with Gasteiger partial charge < -0.3 is 5.32 Å². The first-order chi connectivity index (χ1) is 12.0. The summed E-state index contributed by atoms with van der Waals surface area (Å²) in [5.74, 6) is -0.427. The molecule has 5 nitrogen and oxygen atoms in total. The molecule has 126 valence electrons. The zero-order chi connectivity index (χ0) is 17.8. The monoisotopic (exact) mass is 373 g/mol. The molecule has 1 heterocycles. The Morgan fingerprint density at radius 2 is 1.76 bits per heavy atom. The molecule has 0 unspecified atom stereocenters. The molecule has 0 saturated carbocycles. The summed E-state index contributed by atoms with van der Waals surface area (Å²) in [5.41, 5.74) is 1.47. The number of hydrogen-bond acceptors (Lipinski definition) is 3. The average molecular weight is 374 g/mol. The zero-order valence-corrected chi connectivity index (χ0v) is 14.5. The van der Waals surface area contributed by atoms with Crippen molar-refractivity contribution in [3.05, 3.63) is 81.1 Å². The topological polar surface area (TPSA) is 64.0 Å². The van der Waals surface area contributed by atoms with Gasteiger partial charge in [0.15, 0.2) is 0 Å². The maximum atomic E-state index is 12.2. The summed E-state index contributed by atoms with van der Waals surface area (Å²) in [5, 5.41) is 7.46. The van der Waals surface area contributed by atoms with Crippen LogP contribution in [0.5, 0.6) is 0 Å². The van der Waals surface area contributed by atoms with E-state index in [9.17, 15) is 9.59 Å². The molecule has 0 fully saturated rings. The quantitative estimate of drug-likeness (QED) is 0.755. The van der Waals surface area contributed by atoms with E-state index in [-0.39, 0.29) is 17.1 Å². The van der Waals surface area contributed by atoms with Gasteiger partial charge in [0, 0.05) is 11.6 Å². The van der Waals surface area contributed by atoms with Crippen LogP contribution in [0.1, 0.15) is 0 Å². The highest BCUT2D eigenvalue weighted by molar-refractivity contribution is 6.43. The molecule has 0 spiro atoms. The van der Waals surface area contributed by atoms with E-state index in [4.69, 9.17) is 23.2 Å². The molecule has 1 amide bonds. The Hall–Kier alpha value is -2.63. The van der Waals surface area contributed by atoms with Crippen LogP contribution in [0.2, 0.25) is 10.0 Å². The molecular formula is C18H13Cl2N3O2. The van der Waals surface area contributed by atoms with Crippen molar-refractivity contribution in [2.45, 2.75) is 6.54 Å². The zero-order valence-electron chi connectivity index (χ0n) is 12.9. The van der Waals surface area contributed by atoms with Crippen LogP contribution in [0.25, 0.3) is 11.3 Å². The maximum absolute atomic E-state index is 12.2. The van der Waals surface area contributed by atoms with Gasteiger partial charge in [-0.2, -0.15) is 5.10 Å². The molecule has 0 aliphatic carbocycles. The van der Waals surface area contributed by atoms with Crippen LogP contribution in [0, 0.1) is 0 Å². The second-order valence-corrected chi connectivity index (χ2v) is 6.02. The lowest BCUT2D eigenvalue weighted by atomic mass is 10.1. The summed E-state index contributed by atoms with van der Waals surface area (Å²) in [6.45, 7) is -0.234. The molecule has 0 aliphatic heterocycles. The van der Waals surface area contributed by atoms with Crippen LogP contribution in [0.4, 0.5) is 5.69 Å². The number of halogens is 2. The van der Waals surface area contributed by atoms with Crippen LogP contribution in [-0.4, -0.2) is 15.7 Å². The van der Waals surface area contributed by atoms with Crippen molar-refractivity contribution < 1.29 is 4.79 Å². The van der Waals surface area contributed by atoms with Crippen molar-refractivity contribution in [1.82, 2.24) is 9.78 Å². The summed E-state index contributed by atoms with van der Waals surface area (Å²) < 4.78 is 1.11. The Morgan fingerprint density at radius 1 is 1.00 bits per heavy atom. The van der Waals surface area contributed by atoms with E-state index in [1.54, 1.807) is 24.3 Å². The summed E-state index contributed by atoms with van der Waals surface area (Å²) in [4.78, 5) is 24.2. The van der Waals surface area contributed by atoms with Crippen molar-refractivity contribution in [3.63, 3.8) is 0 Å². The lowest BCUT2D eigenvalue weighted by molar-refractivity contribution is -0.117. The van der Waals surface area contributed by atoms with Gasteiger partial charge in [0.25, 0.3) is 5.56 Å². The molecule has 2 aromatic carbocycles. The third-order valence-corrected chi connectivity index (χ3v) is 4.27. The first kappa shape index (κ1) is 17.2. The minimum atomic E-state index is -0.427. The molecule has 1 N–H and O–H groups in total. The van der Waals surface area contributed by atoms with Crippen LogP contribution >= 0.6 is 23.2 Å². The van der Waals surface area contributed by atoms with Gasteiger partial charge in [0.2, 0.25) is 5.91 Å². The highest BCUT2D eigenvalue weighted by Gasteiger charge is 2.11. The number of carbonyl (C=O) groups is 1. The number of nitrogens with one attached hydrogen (secondary N) is 1. The molecule has 0 bridgehead atoms. The van der Waals surface area contributed by atoms with Crippen LogP contribution in [-0.2, 0) is 11.3 Å². The summed E-state index contributed by atoms with van der Waals surface area (Å²) in [6, 6.07) is 17.3. The fourth-order valence-corrected chi connectivity index (χ4v) is 2.60.